The lowest BCUT2D eigenvalue weighted by atomic mass is 9.79. The third-order valence-corrected chi connectivity index (χ3v) is 3.31. The van der Waals surface area contributed by atoms with Gasteiger partial charge in [0.15, 0.2) is 0 Å². The fraction of sp³-hybridized carbons (Fsp3) is 0.500. The highest BCUT2D eigenvalue weighted by Crippen LogP contribution is 2.40. The third kappa shape index (κ3) is 2.32. The topological polar surface area (TPSA) is 26.0 Å². The molecule has 0 aromatic heterocycles. The Balaban J connectivity index is 2.28. The summed E-state index contributed by atoms with van der Waals surface area (Å²) in [6.45, 7) is 0. The van der Waals surface area contributed by atoms with Crippen LogP contribution < -0.4 is 5.73 Å². The van der Waals surface area contributed by atoms with E-state index in [1.54, 1.807) is 24.3 Å². The van der Waals surface area contributed by atoms with Crippen LogP contribution >= 0.6 is 11.6 Å². The second-order valence-electron chi connectivity index (χ2n) is 4.33. The van der Waals surface area contributed by atoms with Gasteiger partial charge in [-0.1, -0.05) is 23.7 Å². The first-order chi connectivity index (χ1) is 7.10. The van der Waals surface area contributed by atoms with Crippen LogP contribution in [0.4, 0.5) is 4.39 Å². The molecule has 1 fully saturated rings. The molecule has 0 aliphatic heterocycles. The standard InChI is InChI=1S/C12H15ClFN/c13-10-4-1-3-9(7-10)12(14)6-2-5-11(15)8-12/h1,3-4,7,11H,2,5-6,8,15H2. The molecule has 3 heteroatoms. The summed E-state index contributed by atoms with van der Waals surface area (Å²) in [4.78, 5) is 0. The van der Waals surface area contributed by atoms with Crippen molar-refractivity contribution in [3.05, 3.63) is 34.9 Å². The van der Waals surface area contributed by atoms with E-state index in [2.05, 4.69) is 0 Å². The van der Waals surface area contributed by atoms with Crippen LogP contribution in [0.15, 0.2) is 24.3 Å². The minimum Gasteiger partial charge on any atom is -0.328 e. The number of rotatable bonds is 1. The molecule has 0 amide bonds. The van der Waals surface area contributed by atoms with Crippen LogP contribution in [0.1, 0.15) is 31.2 Å². The molecule has 0 bridgehead atoms. The van der Waals surface area contributed by atoms with Crippen molar-refractivity contribution >= 4 is 11.6 Å². The molecule has 0 saturated heterocycles. The van der Waals surface area contributed by atoms with Crippen LogP contribution in [0.2, 0.25) is 5.02 Å². The van der Waals surface area contributed by atoms with Crippen molar-refractivity contribution in [3.8, 4) is 0 Å². The van der Waals surface area contributed by atoms with E-state index >= 15 is 0 Å². The van der Waals surface area contributed by atoms with Gasteiger partial charge in [0.25, 0.3) is 0 Å². The molecule has 1 aliphatic carbocycles. The number of alkyl halides is 1. The van der Waals surface area contributed by atoms with Crippen molar-refractivity contribution in [1.29, 1.82) is 0 Å². The van der Waals surface area contributed by atoms with Gasteiger partial charge in [0, 0.05) is 17.5 Å². The van der Waals surface area contributed by atoms with Gasteiger partial charge in [0.05, 0.1) is 0 Å². The Labute approximate surface area is 94.4 Å². The maximum absolute atomic E-state index is 14.6. The molecule has 2 atom stereocenters. The van der Waals surface area contributed by atoms with Gasteiger partial charge in [0.2, 0.25) is 0 Å². The second kappa shape index (κ2) is 4.11. The van der Waals surface area contributed by atoms with E-state index in [0.29, 0.717) is 23.4 Å². The monoisotopic (exact) mass is 227 g/mol. The zero-order valence-electron chi connectivity index (χ0n) is 8.55. The molecule has 2 unspecified atom stereocenters. The molecule has 1 aliphatic rings. The zero-order valence-corrected chi connectivity index (χ0v) is 9.30. The lowest BCUT2D eigenvalue weighted by Crippen LogP contribution is -2.36. The Bertz CT molecular complexity index is 355. The lowest BCUT2D eigenvalue weighted by molar-refractivity contribution is 0.0948. The van der Waals surface area contributed by atoms with Gasteiger partial charge in [-0.05, 0) is 37.0 Å². The summed E-state index contributed by atoms with van der Waals surface area (Å²) in [5.74, 6) is 0. The Hall–Kier alpha value is -0.600. The molecule has 1 aromatic carbocycles. The molecule has 0 heterocycles. The maximum Gasteiger partial charge on any atom is 0.137 e. The van der Waals surface area contributed by atoms with Crippen LogP contribution in [-0.4, -0.2) is 6.04 Å². The van der Waals surface area contributed by atoms with Gasteiger partial charge >= 0.3 is 0 Å². The van der Waals surface area contributed by atoms with Gasteiger partial charge in [-0.2, -0.15) is 0 Å². The van der Waals surface area contributed by atoms with Gasteiger partial charge < -0.3 is 5.73 Å². The van der Waals surface area contributed by atoms with E-state index in [1.165, 1.54) is 0 Å². The van der Waals surface area contributed by atoms with E-state index < -0.39 is 5.67 Å². The quantitative estimate of drug-likeness (QED) is 0.782. The maximum atomic E-state index is 14.6. The van der Waals surface area contributed by atoms with Crippen LogP contribution in [0.25, 0.3) is 0 Å². The van der Waals surface area contributed by atoms with Crippen LogP contribution in [0, 0.1) is 0 Å². The Kier molecular flexibility index (Phi) is 2.98. The first-order valence-electron chi connectivity index (χ1n) is 5.31. The number of benzene rings is 1. The van der Waals surface area contributed by atoms with E-state index in [9.17, 15) is 4.39 Å². The molecular formula is C12H15ClFN. The number of hydrogen-bond donors (Lipinski definition) is 1. The molecule has 1 saturated carbocycles. The molecule has 2 N–H and O–H groups in total. The molecule has 0 spiro atoms. The van der Waals surface area contributed by atoms with Crippen LogP contribution in [0.3, 0.4) is 0 Å². The highest BCUT2D eigenvalue weighted by molar-refractivity contribution is 6.30. The zero-order chi connectivity index (χ0) is 10.9. The summed E-state index contributed by atoms with van der Waals surface area (Å²) >= 11 is 5.86. The van der Waals surface area contributed by atoms with Gasteiger partial charge in [-0.15, -0.1) is 0 Å². The van der Waals surface area contributed by atoms with E-state index in [-0.39, 0.29) is 6.04 Å². The van der Waals surface area contributed by atoms with E-state index in [4.69, 9.17) is 17.3 Å². The predicted octanol–water partition coefficient (Wildman–Crippen LogP) is 3.41. The van der Waals surface area contributed by atoms with Crippen molar-refractivity contribution in [3.63, 3.8) is 0 Å². The summed E-state index contributed by atoms with van der Waals surface area (Å²) in [5, 5.41) is 0.587. The Morgan fingerprint density at radius 1 is 1.47 bits per heavy atom. The smallest absolute Gasteiger partial charge is 0.137 e. The average Bonchev–Trinajstić information content (AvgIpc) is 2.17. The van der Waals surface area contributed by atoms with Crippen molar-refractivity contribution in [1.82, 2.24) is 0 Å². The van der Waals surface area contributed by atoms with Gasteiger partial charge in [-0.3, -0.25) is 0 Å². The fourth-order valence-electron chi connectivity index (χ4n) is 2.29. The van der Waals surface area contributed by atoms with Crippen molar-refractivity contribution in [2.75, 3.05) is 0 Å². The van der Waals surface area contributed by atoms with Gasteiger partial charge in [-0.25, -0.2) is 4.39 Å². The average molecular weight is 228 g/mol. The van der Waals surface area contributed by atoms with Crippen LogP contribution in [0.5, 0.6) is 0 Å². The van der Waals surface area contributed by atoms with Crippen molar-refractivity contribution in [2.45, 2.75) is 37.4 Å². The molecule has 1 nitrogen and oxygen atoms in total. The summed E-state index contributed by atoms with van der Waals surface area (Å²) < 4.78 is 14.6. The molecule has 2 rings (SSSR count). The first kappa shape index (κ1) is 10.9. The fourth-order valence-corrected chi connectivity index (χ4v) is 2.48. The summed E-state index contributed by atoms with van der Waals surface area (Å²) in [7, 11) is 0. The van der Waals surface area contributed by atoms with Gasteiger partial charge in [0.1, 0.15) is 5.67 Å². The van der Waals surface area contributed by atoms with Crippen LogP contribution in [-0.2, 0) is 5.67 Å². The SMILES string of the molecule is NC1CCCC(F)(c2cccc(Cl)c2)C1. The summed E-state index contributed by atoms with van der Waals surface area (Å²) in [6, 6.07) is 7.03. The molecular weight excluding hydrogens is 213 g/mol. The lowest BCUT2D eigenvalue weighted by Gasteiger charge is -2.33. The molecule has 15 heavy (non-hydrogen) atoms. The number of nitrogens with two attached hydrogens (primary N) is 1. The Morgan fingerprint density at radius 2 is 2.27 bits per heavy atom. The largest absolute Gasteiger partial charge is 0.328 e. The van der Waals surface area contributed by atoms with E-state index in [0.717, 1.165) is 12.8 Å². The normalized spacial score (nSPS) is 31.5. The predicted molar refractivity (Wildman–Crippen MR) is 60.7 cm³/mol. The van der Waals surface area contributed by atoms with E-state index in [1.807, 2.05) is 0 Å². The molecule has 82 valence electrons. The summed E-state index contributed by atoms with van der Waals surface area (Å²) in [6.07, 6.45) is 2.74. The second-order valence-corrected chi connectivity index (χ2v) is 4.77. The van der Waals surface area contributed by atoms with Crippen molar-refractivity contribution in [2.24, 2.45) is 5.73 Å². The molecule has 1 aromatic rings. The molecule has 0 radical (unpaired) electrons. The third-order valence-electron chi connectivity index (χ3n) is 3.08. The first-order valence-corrected chi connectivity index (χ1v) is 5.68. The number of halogens is 2. The van der Waals surface area contributed by atoms with Crippen molar-refractivity contribution < 1.29 is 4.39 Å². The summed E-state index contributed by atoms with van der Waals surface area (Å²) in [5.41, 5.74) is 5.21. The number of hydrogen-bond acceptors (Lipinski definition) is 1. The highest BCUT2D eigenvalue weighted by atomic mass is 35.5. The highest BCUT2D eigenvalue weighted by Gasteiger charge is 2.36. The minimum atomic E-state index is -1.28. The Morgan fingerprint density at radius 3 is 2.93 bits per heavy atom. The minimum absolute atomic E-state index is 0.0252.